The quantitative estimate of drug-likeness (QED) is 0.321. The van der Waals surface area contributed by atoms with E-state index in [1.54, 1.807) is 0 Å². The Hall–Kier alpha value is 0.620. The Balaban J connectivity index is 2.63. The van der Waals surface area contributed by atoms with Gasteiger partial charge in [0.25, 0.3) is 0 Å². The average molecular weight is 471 g/mol. The van der Waals surface area contributed by atoms with Gasteiger partial charge in [-0.3, -0.25) is 0 Å². The summed E-state index contributed by atoms with van der Waals surface area (Å²) in [7, 11) is 0. The maximum atomic E-state index is 5.80. The van der Waals surface area contributed by atoms with Gasteiger partial charge >= 0.3 is 0 Å². The third-order valence-electron chi connectivity index (χ3n) is 3.51. The normalized spacial score (nSPS) is 12.1. The predicted octanol–water partition coefficient (Wildman–Crippen LogP) is 5.93. The van der Waals surface area contributed by atoms with Crippen molar-refractivity contribution in [1.82, 2.24) is 0 Å². The largest absolute Gasteiger partial charge is 0.381 e. The third-order valence-corrected chi connectivity index (χ3v) is 6.15. The molecule has 0 saturated heterocycles. The Bertz CT molecular complexity index is 389. The molecule has 0 unspecified atom stereocenters. The molecule has 0 amide bonds. The molecule has 0 atom stereocenters. The zero-order chi connectivity index (χ0) is 15.0. The number of alkyl halides is 2. The second kappa shape index (κ2) is 9.60. The standard InChI is InChI=1S/C16H23Br3O/c1-13(2)6-8-20-9-7-16(11-17,12-18)14-4-3-5-15(19)10-14/h3-5,10,13H,6-9,11-12H2,1-2H3. The summed E-state index contributed by atoms with van der Waals surface area (Å²) >= 11 is 10.9. The molecule has 20 heavy (non-hydrogen) atoms. The molecule has 0 N–H and O–H groups in total. The first-order chi connectivity index (χ1) is 9.54. The lowest BCUT2D eigenvalue weighted by Crippen LogP contribution is -2.32. The van der Waals surface area contributed by atoms with Crippen molar-refractivity contribution in [2.75, 3.05) is 23.9 Å². The fourth-order valence-electron chi connectivity index (χ4n) is 1.97. The van der Waals surface area contributed by atoms with Crippen molar-refractivity contribution in [3.63, 3.8) is 0 Å². The van der Waals surface area contributed by atoms with Crippen molar-refractivity contribution in [3.05, 3.63) is 34.3 Å². The van der Waals surface area contributed by atoms with Crippen LogP contribution in [0.2, 0.25) is 0 Å². The molecule has 0 aliphatic heterocycles. The van der Waals surface area contributed by atoms with Crippen LogP contribution in [0.25, 0.3) is 0 Å². The molecule has 0 heterocycles. The molecule has 114 valence electrons. The van der Waals surface area contributed by atoms with Crippen molar-refractivity contribution in [3.8, 4) is 0 Å². The van der Waals surface area contributed by atoms with E-state index in [-0.39, 0.29) is 5.41 Å². The van der Waals surface area contributed by atoms with Crippen molar-refractivity contribution < 1.29 is 4.74 Å². The molecule has 0 saturated carbocycles. The van der Waals surface area contributed by atoms with Gasteiger partial charge < -0.3 is 4.74 Å². The van der Waals surface area contributed by atoms with Crippen LogP contribution in [-0.4, -0.2) is 23.9 Å². The summed E-state index contributed by atoms with van der Waals surface area (Å²) in [6, 6.07) is 8.56. The molecule has 1 aromatic carbocycles. The highest BCUT2D eigenvalue weighted by molar-refractivity contribution is 9.10. The lowest BCUT2D eigenvalue weighted by molar-refractivity contribution is 0.110. The second-order valence-electron chi connectivity index (χ2n) is 5.60. The summed E-state index contributed by atoms with van der Waals surface area (Å²) in [5.41, 5.74) is 1.43. The van der Waals surface area contributed by atoms with Gasteiger partial charge in [-0.1, -0.05) is 73.8 Å². The Kier molecular flexibility index (Phi) is 8.96. The molecule has 1 aromatic rings. The average Bonchev–Trinajstić information content (AvgIpc) is 2.43. The topological polar surface area (TPSA) is 9.23 Å². The summed E-state index contributed by atoms with van der Waals surface area (Å²) in [6.45, 7) is 6.12. The van der Waals surface area contributed by atoms with Gasteiger partial charge in [-0.05, 0) is 36.5 Å². The summed E-state index contributed by atoms with van der Waals surface area (Å²) in [6.07, 6.45) is 2.14. The highest BCUT2D eigenvalue weighted by atomic mass is 79.9. The molecule has 1 rings (SSSR count). The minimum atomic E-state index is 0.0849. The lowest BCUT2D eigenvalue weighted by atomic mass is 9.82. The Morgan fingerprint density at radius 2 is 1.85 bits per heavy atom. The van der Waals surface area contributed by atoms with E-state index < -0.39 is 0 Å². The van der Waals surface area contributed by atoms with E-state index >= 15 is 0 Å². The molecule has 0 spiro atoms. The van der Waals surface area contributed by atoms with E-state index in [0.29, 0.717) is 5.92 Å². The number of rotatable bonds is 9. The van der Waals surface area contributed by atoms with E-state index in [4.69, 9.17) is 4.74 Å². The third kappa shape index (κ3) is 5.78. The maximum absolute atomic E-state index is 5.80. The van der Waals surface area contributed by atoms with Crippen molar-refractivity contribution in [1.29, 1.82) is 0 Å². The van der Waals surface area contributed by atoms with Gasteiger partial charge in [-0.2, -0.15) is 0 Å². The Morgan fingerprint density at radius 3 is 2.40 bits per heavy atom. The SMILES string of the molecule is CC(C)CCOCCC(CBr)(CBr)c1cccc(Br)c1. The molecular weight excluding hydrogens is 448 g/mol. The Morgan fingerprint density at radius 1 is 1.15 bits per heavy atom. The van der Waals surface area contributed by atoms with E-state index in [0.717, 1.165) is 41.2 Å². The van der Waals surface area contributed by atoms with Crippen LogP contribution in [0.5, 0.6) is 0 Å². The smallest absolute Gasteiger partial charge is 0.0475 e. The van der Waals surface area contributed by atoms with Crippen LogP contribution in [-0.2, 0) is 10.2 Å². The minimum Gasteiger partial charge on any atom is -0.381 e. The van der Waals surface area contributed by atoms with Crippen LogP contribution in [0, 0.1) is 5.92 Å². The van der Waals surface area contributed by atoms with Crippen molar-refractivity contribution in [2.45, 2.75) is 32.1 Å². The van der Waals surface area contributed by atoms with Crippen LogP contribution in [0.15, 0.2) is 28.7 Å². The predicted molar refractivity (Wildman–Crippen MR) is 98.3 cm³/mol. The molecule has 0 aliphatic rings. The first-order valence-corrected chi connectivity index (χ1v) is 10.0. The van der Waals surface area contributed by atoms with Crippen LogP contribution < -0.4 is 0 Å². The van der Waals surface area contributed by atoms with Gasteiger partial charge in [-0.25, -0.2) is 0 Å². The monoisotopic (exact) mass is 468 g/mol. The van der Waals surface area contributed by atoms with Crippen LogP contribution in [0.3, 0.4) is 0 Å². The molecule has 1 nitrogen and oxygen atoms in total. The van der Waals surface area contributed by atoms with Gasteiger partial charge in [0.1, 0.15) is 0 Å². The first kappa shape index (κ1) is 18.7. The summed E-state index contributed by atoms with van der Waals surface area (Å²) in [5.74, 6) is 0.706. The number of hydrogen-bond donors (Lipinski definition) is 0. The first-order valence-electron chi connectivity index (χ1n) is 7.00. The molecule has 4 heteroatoms. The van der Waals surface area contributed by atoms with Gasteiger partial charge in [0, 0.05) is 33.8 Å². The van der Waals surface area contributed by atoms with Gasteiger partial charge in [0.2, 0.25) is 0 Å². The number of halogens is 3. The fraction of sp³-hybridized carbons (Fsp3) is 0.625. The number of benzene rings is 1. The van der Waals surface area contributed by atoms with Crippen LogP contribution in [0.4, 0.5) is 0 Å². The Labute approximate surface area is 148 Å². The zero-order valence-corrected chi connectivity index (χ0v) is 16.9. The van der Waals surface area contributed by atoms with E-state index in [1.807, 2.05) is 0 Å². The van der Waals surface area contributed by atoms with Crippen LogP contribution in [0.1, 0.15) is 32.3 Å². The highest BCUT2D eigenvalue weighted by Gasteiger charge is 2.30. The zero-order valence-electron chi connectivity index (χ0n) is 12.2. The molecular formula is C16H23Br3O. The molecule has 0 aromatic heterocycles. The second-order valence-corrected chi connectivity index (χ2v) is 7.64. The number of ether oxygens (including phenoxy) is 1. The summed E-state index contributed by atoms with van der Waals surface area (Å²) < 4.78 is 6.93. The van der Waals surface area contributed by atoms with Crippen molar-refractivity contribution in [2.24, 2.45) is 5.92 Å². The van der Waals surface area contributed by atoms with E-state index in [9.17, 15) is 0 Å². The number of hydrogen-bond acceptors (Lipinski definition) is 1. The van der Waals surface area contributed by atoms with Gasteiger partial charge in [0.15, 0.2) is 0 Å². The summed E-state index contributed by atoms with van der Waals surface area (Å²) in [5, 5.41) is 1.85. The fourth-order valence-corrected chi connectivity index (χ4v) is 4.51. The molecule has 0 fully saturated rings. The lowest BCUT2D eigenvalue weighted by Gasteiger charge is -2.31. The van der Waals surface area contributed by atoms with E-state index in [2.05, 4.69) is 85.9 Å². The summed E-state index contributed by atoms with van der Waals surface area (Å²) in [4.78, 5) is 0. The van der Waals surface area contributed by atoms with E-state index in [1.165, 1.54) is 5.56 Å². The van der Waals surface area contributed by atoms with Gasteiger partial charge in [0.05, 0.1) is 0 Å². The molecule has 0 aliphatic carbocycles. The highest BCUT2D eigenvalue weighted by Crippen LogP contribution is 2.34. The van der Waals surface area contributed by atoms with Crippen LogP contribution >= 0.6 is 47.8 Å². The molecule has 0 radical (unpaired) electrons. The van der Waals surface area contributed by atoms with Crippen molar-refractivity contribution >= 4 is 47.8 Å². The molecule has 0 bridgehead atoms. The maximum Gasteiger partial charge on any atom is 0.0475 e. The minimum absolute atomic E-state index is 0.0849. The van der Waals surface area contributed by atoms with Gasteiger partial charge in [-0.15, -0.1) is 0 Å².